The molecule has 0 atom stereocenters. The number of hydrogen-bond donors (Lipinski definition) is 1. The van der Waals surface area contributed by atoms with Crippen LogP contribution in [0.5, 0.6) is 5.75 Å². The number of alkyl halides is 3. The van der Waals surface area contributed by atoms with E-state index in [2.05, 4.69) is 4.74 Å². The lowest BCUT2D eigenvalue weighted by atomic mass is 10.0. The number of fused-ring (bicyclic) bond motifs is 1. The number of esters is 1. The SMILES string of the molecule is COC(=O)c1cc(O)c2cccc(C(F)(F)F)c2c1. The number of carbonyl (C=O) groups is 1. The maximum absolute atomic E-state index is 12.9. The number of aromatic hydroxyl groups is 1. The van der Waals surface area contributed by atoms with E-state index in [0.29, 0.717) is 0 Å². The molecule has 0 unspecified atom stereocenters. The summed E-state index contributed by atoms with van der Waals surface area (Å²) in [5, 5.41) is 9.50. The van der Waals surface area contributed by atoms with Crippen LogP contribution in [0, 0.1) is 0 Å². The summed E-state index contributed by atoms with van der Waals surface area (Å²) in [6, 6.07) is 5.57. The Morgan fingerprint density at radius 1 is 1.21 bits per heavy atom. The summed E-state index contributed by atoms with van der Waals surface area (Å²) >= 11 is 0. The second-order valence-electron chi connectivity index (χ2n) is 3.89. The third-order valence-electron chi connectivity index (χ3n) is 2.70. The van der Waals surface area contributed by atoms with Crippen molar-refractivity contribution in [2.75, 3.05) is 7.11 Å². The molecule has 0 saturated carbocycles. The number of ether oxygens (including phenoxy) is 1. The third kappa shape index (κ3) is 2.33. The molecule has 0 aromatic heterocycles. The Bertz CT molecular complexity index is 647. The molecule has 0 fully saturated rings. The highest BCUT2D eigenvalue weighted by Gasteiger charge is 2.33. The molecule has 0 radical (unpaired) electrons. The van der Waals surface area contributed by atoms with Gasteiger partial charge in [0, 0.05) is 5.39 Å². The van der Waals surface area contributed by atoms with Crippen LogP contribution >= 0.6 is 0 Å². The fraction of sp³-hybridized carbons (Fsp3) is 0.154. The summed E-state index contributed by atoms with van der Waals surface area (Å²) in [5.41, 5.74) is -1.05. The van der Waals surface area contributed by atoms with E-state index in [0.717, 1.165) is 25.3 Å². The first-order valence-corrected chi connectivity index (χ1v) is 5.26. The summed E-state index contributed by atoms with van der Waals surface area (Å²) < 4.78 is 43.0. The van der Waals surface area contributed by atoms with Crippen molar-refractivity contribution in [1.82, 2.24) is 0 Å². The average Bonchev–Trinajstić information content (AvgIpc) is 2.35. The van der Waals surface area contributed by atoms with Gasteiger partial charge in [-0.15, -0.1) is 0 Å². The van der Waals surface area contributed by atoms with Crippen LogP contribution in [0.2, 0.25) is 0 Å². The Morgan fingerprint density at radius 3 is 2.47 bits per heavy atom. The first-order valence-electron chi connectivity index (χ1n) is 5.26. The quantitative estimate of drug-likeness (QED) is 0.808. The van der Waals surface area contributed by atoms with E-state index in [1.807, 2.05) is 0 Å². The molecule has 19 heavy (non-hydrogen) atoms. The van der Waals surface area contributed by atoms with E-state index in [-0.39, 0.29) is 16.3 Å². The minimum atomic E-state index is -4.57. The molecule has 0 aliphatic heterocycles. The number of halogens is 3. The largest absolute Gasteiger partial charge is 0.507 e. The van der Waals surface area contributed by atoms with Gasteiger partial charge in [-0.2, -0.15) is 13.2 Å². The molecule has 0 amide bonds. The van der Waals surface area contributed by atoms with Crippen molar-refractivity contribution >= 4 is 16.7 Å². The van der Waals surface area contributed by atoms with Crippen molar-refractivity contribution < 1.29 is 27.8 Å². The van der Waals surface area contributed by atoms with Gasteiger partial charge in [0.05, 0.1) is 18.2 Å². The van der Waals surface area contributed by atoms with Crippen molar-refractivity contribution in [2.45, 2.75) is 6.18 Å². The molecule has 0 bridgehead atoms. The molecular weight excluding hydrogens is 261 g/mol. The molecule has 0 heterocycles. The normalized spacial score (nSPS) is 11.6. The Labute approximate surface area is 106 Å². The number of phenols is 1. The predicted octanol–water partition coefficient (Wildman–Crippen LogP) is 3.35. The predicted molar refractivity (Wildman–Crippen MR) is 62.0 cm³/mol. The molecule has 0 saturated heterocycles. The highest BCUT2D eigenvalue weighted by molar-refractivity contribution is 5.99. The van der Waals surface area contributed by atoms with Crippen LogP contribution in [0.4, 0.5) is 13.2 Å². The molecule has 2 aromatic carbocycles. The highest BCUT2D eigenvalue weighted by atomic mass is 19.4. The lowest BCUT2D eigenvalue weighted by molar-refractivity contribution is -0.136. The van der Waals surface area contributed by atoms with Gasteiger partial charge < -0.3 is 9.84 Å². The molecule has 0 aliphatic carbocycles. The summed E-state index contributed by atoms with van der Waals surface area (Å²) in [5.74, 6) is -1.21. The Morgan fingerprint density at radius 2 is 1.89 bits per heavy atom. The van der Waals surface area contributed by atoms with Gasteiger partial charge in [0.2, 0.25) is 0 Å². The summed E-state index contributed by atoms with van der Waals surface area (Å²) in [6.07, 6.45) is -4.57. The smallest absolute Gasteiger partial charge is 0.417 e. The third-order valence-corrected chi connectivity index (χ3v) is 2.70. The van der Waals surface area contributed by atoms with Crippen molar-refractivity contribution in [3.05, 3.63) is 41.5 Å². The minimum Gasteiger partial charge on any atom is -0.507 e. The number of methoxy groups -OCH3 is 1. The number of benzene rings is 2. The first-order chi connectivity index (χ1) is 8.84. The Kier molecular flexibility index (Phi) is 3.09. The van der Waals surface area contributed by atoms with E-state index in [9.17, 15) is 23.1 Å². The zero-order chi connectivity index (χ0) is 14.2. The van der Waals surface area contributed by atoms with Crippen LogP contribution in [0.1, 0.15) is 15.9 Å². The standard InChI is InChI=1S/C13H9F3O3/c1-19-12(18)7-5-9-8(11(17)6-7)3-2-4-10(9)13(14,15)16/h2-6,17H,1H3. The van der Waals surface area contributed by atoms with Gasteiger partial charge in [0.25, 0.3) is 0 Å². The fourth-order valence-corrected chi connectivity index (χ4v) is 1.85. The van der Waals surface area contributed by atoms with Crippen LogP contribution in [0.15, 0.2) is 30.3 Å². The maximum atomic E-state index is 12.9. The van der Waals surface area contributed by atoms with Crippen LogP contribution in [-0.4, -0.2) is 18.2 Å². The van der Waals surface area contributed by atoms with Crippen molar-refractivity contribution in [1.29, 1.82) is 0 Å². The van der Waals surface area contributed by atoms with E-state index in [4.69, 9.17) is 0 Å². The van der Waals surface area contributed by atoms with Gasteiger partial charge in [0.15, 0.2) is 0 Å². The van der Waals surface area contributed by atoms with Crippen LogP contribution in [-0.2, 0) is 10.9 Å². The summed E-state index contributed by atoms with van der Waals surface area (Å²) in [4.78, 5) is 11.4. The molecule has 6 heteroatoms. The van der Waals surface area contributed by atoms with Gasteiger partial charge in [-0.3, -0.25) is 0 Å². The zero-order valence-corrected chi connectivity index (χ0v) is 9.78. The van der Waals surface area contributed by atoms with E-state index >= 15 is 0 Å². The molecule has 100 valence electrons. The van der Waals surface area contributed by atoms with E-state index < -0.39 is 23.5 Å². The molecular formula is C13H9F3O3. The zero-order valence-electron chi connectivity index (χ0n) is 9.78. The molecule has 2 rings (SSSR count). The molecule has 1 N–H and O–H groups in total. The van der Waals surface area contributed by atoms with Gasteiger partial charge in [0.1, 0.15) is 5.75 Å². The highest BCUT2D eigenvalue weighted by Crippen LogP contribution is 2.37. The van der Waals surface area contributed by atoms with Crippen molar-refractivity contribution in [2.24, 2.45) is 0 Å². The van der Waals surface area contributed by atoms with Crippen LogP contribution in [0.25, 0.3) is 10.8 Å². The summed E-state index contributed by atoms with van der Waals surface area (Å²) in [7, 11) is 1.11. The van der Waals surface area contributed by atoms with Gasteiger partial charge in [-0.05, 0) is 23.6 Å². The summed E-state index contributed by atoms with van der Waals surface area (Å²) in [6.45, 7) is 0. The van der Waals surface area contributed by atoms with E-state index in [1.165, 1.54) is 12.1 Å². The van der Waals surface area contributed by atoms with Crippen LogP contribution < -0.4 is 0 Å². The van der Waals surface area contributed by atoms with Gasteiger partial charge >= 0.3 is 12.1 Å². The Hall–Kier alpha value is -2.24. The van der Waals surface area contributed by atoms with Crippen LogP contribution in [0.3, 0.4) is 0 Å². The van der Waals surface area contributed by atoms with Crippen molar-refractivity contribution in [3.8, 4) is 5.75 Å². The number of hydrogen-bond acceptors (Lipinski definition) is 3. The molecule has 0 aliphatic rings. The number of rotatable bonds is 1. The first kappa shape index (κ1) is 13.2. The number of carbonyl (C=O) groups excluding carboxylic acids is 1. The molecule has 2 aromatic rings. The number of phenolic OH excluding ortho intramolecular Hbond substituents is 1. The Balaban J connectivity index is 2.80. The maximum Gasteiger partial charge on any atom is 0.417 e. The van der Waals surface area contributed by atoms with Gasteiger partial charge in [-0.25, -0.2) is 4.79 Å². The van der Waals surface area contributed by atoms with E-state index in [1.54, 1.807) is 0 Å². The average molecular weight is 270 g/mol. The molecule has 3 nitrogen and oxygen atoms in total. The minimum absolute atomic E-state index is 0.0301. The molecule has 0 spiro atoms. The van der Waals surface area contributed by atoms with Crippen molar-refractivity contribution in [3.63, 3.8) is 0 Å². The second-order valence-corrected chi connectivity index (χ2v) is 3.89. The second kappa shape index (κ2) is 4.46. The monoisotopic (exact) mass is 270 g/mol. The van der Waals surface area contributed by atoms with Gasteiger partial charge in [-0.1, -0.05) is 12.1 Å². The topological polar surface area (TPSA) is 46.5 Å². The fourth-order valence-electron chi connectivity index (χ4n) is 1.85. The lowest BCUT2D eigenvalue weighted by Gasteiger charge is -2.12. The lowest BCUT2D eigenvalue weighted by Crippen LogP contribution is -2.07.